The van der Waals surface area contributed by atoms with E-state index < -0.39 is 42.1 Å². The number of Topliss-reactive ketones (excluding diaryl/α,β-unsaturated/α-hetero) is 1. The van der Waals surface area contributed by atoms with Gasteiger partial charge in [-0.15, -0.1) is 0 Å². The van der Waals surface area contributed by atoms with Gasteiger partial charge in [0.2, 0.25) is 5.91 Å². The third-order valence-corrected chi connectivity index (χ3v) is 5.28. The van der Waals surface area contributed by atoms with Crippen LogP contribution < -0.4 is 5.32 Å². The van der Waals surface area contributed by atoms with Crippen molar-refractivity contribution >= 4 is 17.7 Å². The van der Waals surface area contributed by atoms with Crippen LogP contribution in [0.1, 0.15) is 54.4 Å². The number of hydrogen-bond acceptors (Lipinski definition) is 6. The van der Waals surface area contributed by atoms with Crippen molar-refractivity contribution < 1.29 is 29.3 Å². The minimum Gasteiger partial charge on any atom is -0.458 e. The van der Waals surface area contributed by atoms with Gasteiger partial charge in [-0.3, -0.25) is 14.4 Å². The Balaban J connectivity index is 3.38. The molecular formula is C26H37NO6. The van der Waals surface area contributed by atoms with Gasteiger partial charge in [0.25, 0.3) is 0 Å². The molecule has 1 aliphatic carbocycles. The number of carbonyl (C=O) groups excluding carboxylic acids is 3. The lowest BCUT2D eigenvalue weighted by atomic mass is 9.90. The number of aliphatic hydroxyl groups excluding tert-OH is 2. The van der Waals surface area contributed by atoms with E-state index in [-0.39, 0.29) is 5.78 Å². The summed E-state index contributed by atoms with van der Waals surface area (Å²) in [5, 5.41) is 22.6. The molecule has 0 heterocycles. The molecule has 0 aliphatic heterocycles. The zero-order valence-electron chi connectivity index (χ0n) is 20.4. The Morgan fingerprint density at radius 1 is 1.09 bits per heavy atom. The van der Waals surface area contributed by atoms with E-state index in [0.29, 0.717) is 18.4 Å². The number of aliphatic hydroxyl groups is 2. The van der Waals surface area contributed by atoms with Crippen LogP contribution in [0.25, 0.3) is 0 Å². The second-order valence-electron chi connectivity index (χ2n) is 8.51. The zero-order valence-corrected chi connectivity index (χ0v) is 20.4. The van der Waals surface area contributed by atoms with Crippen LogP contribution in [-0.2, 0) is 19.1 Å². The van der Waals surface area contributed by atoms with Crippen molar-refractivity contribution in [3.05, 3.63) is 59.3 Å². The maximum Gasteiger partial charge on any atom is 0.303 e. The van der Waals surface area contributed by atoms with E-state index in [2.05, 4.69) is 5.32 Å². The van der Waals surface area contributed by atoms with Crippen LogP contribution in [0.5, 0.6) is 0 Å². The highest BCUT2D eigenvalue weighted by atomic mass is 16.5. The van der Waals surface area contributed by atoms with Gasteiger partial charge >= 0.3 is 5.97 Å². The molecule has 3 N–H and O–H groups in total. The molecule has 0 saturated carbocycles. The fourth-order valence-corrected chi connectivity index (χ4v) is 3.20. The number of rotatable bonds is 3. The molecule has 7 heteroatoms. The van der Waals surface area contributed by atoms with Gasteiger partial charge in [0, 0.05) is 19.3 Å². The number of amides is 1. The summed E-state index contributed by atoms with van der Waals surface area (Å²) in [4.78, 5) is 36.7. The first-order valence-corrected chi connectivity index (χ1v) is 11.2. The van der Waals surface area contributed by atoms with Crippen molar-refractivity contribution in [3.63, 3.8) is 0 Å². The quantitative estimate of drug-likeness (QED) is 0.559. The van der Waals surface area contributed by atoms with Gasteiger partial charge in [-0.1, -0.05) is 54.5 Å². The average Bonchev–Trinajstić information content (AvgIpc) is 2.75. The summed E-state index contributed by atoms with van der Waals surface area (Å²) in [7, 11) is 0. The largest absolute Gasteiger partial charge is 0.458 e. The SMILES string of the molecule is CC(=O)OC1/C=C\C(C)=C/CC(O)/C=C\C(C)=C/C(NC(=O)C(C)O)C(C)C(=O)/C(C)=C\C1. The molecule has 182 valence electrons. The standard InChI is InChI=1S/C26H37NO6/c1-16-7-11-22(30)12-8-17(2)15-24(27-26(32)20(5)28)19(4)25(31)18(3)10-14-23(13-9-16)33-21(6)29/h7-10,12-13,15,19-20,22-24,28,30H,11,14H2,1-6H3,(H,27,32)/b12-8-,13-9-,16-7-,17-15-,18-10-. The lowest BCUT2D eigenvalue weighted by Gasteiger charge is -2.23. The molecular weight excluding hydrogens is 422 g/mol. The van der Waals surface area contributed by atoms with Crippen LogP contribution in [0, 0.1) is 5.92 Å². The molecule has 0 radical (unpaired) electrons. The summed E-state index contributed by atoms with van der Waals surface area (Å²) in [5.74, 6) is -1.80. The summed E-state index contributed by atoms with van der Waals surface area (Å²) in [6.45, 7) is 9.78. The molecule has 0 spiro atoms. The van der Waals surface area contributed by atoms with E-state index >= 15 is 0 Å². The maximum atomic E-state index is 13.1. The molecule has 0 fully saturated rings. The molecule has 1 aliphatic rings. The Hall–Kier alpha value is -2.77. The normalized spacial score (nSPS) is 33.1. The van der Waals surface area contributed by atoms with Crippen LogP contribution in [0.15, 0.2) is 59.3 Å². The Labute approximate surface area is 196 Å². The first kappa shape index (κ1) is 28.3. The van der Waals surface area contributed by atoms with E-state index in [1.54, 1.807) is 44.2 Å². The summed E-state index contributed by atoms with van der Waals surface area (Å²) in [6, 6.07) is -0.660. The third-order valence-electron chi connectivity index (χ3n) is 5.28. The molecule has 1 rings (SSSR count). The van der Waals surface area contributed by atoms with Gasteiger partial charge < -0.3 is 20.3 Å². The molecule has 0 bridgehead atoms. The van der Waals surface area contributed by atoms with Crippen molar-refractivity contribution in [3.8, 4) is 0 Å². The van der Waals surface area contributed by atoms with Crippen molar-refractivity contribution in [2.45, 2.75) is 78.7 Å². The lowest BCUT2D eigenvalue weighted by molar-refractivity contribution is -0.144. The number of allylic oxidation sites excluding steroid dienone is 5. The molecule has 0 aromatic heterocycles. The van der Waals surface area contributed by atoms with E-state index in [0.717, 1.165) is 11.1 Å². The van der Waals surface area contributed by atoms with Crippen molar-refractivity contribution in [2.75, 3.05) is 0 Å². The zero-order chi connectivity index (χ0) is 25.1. The highest BCUT2D eigenvalue weighted by molar-refractivity contribution is 5.97. The summed E-state index contributed by atoms with van der Waals surface area (Å²) < 4.78 is 5.35. The number of esters is 1. The van der Waals surface area contributed by atoms with Gasteiger partial charge in [0.1, 0.15) is 12.2 Å². The first-order valence-electron chi connectivity index (χ1n) is 11.2. The second kappa shape index (κ2) is 13.7. The second-order valence-corrected chi connectivity index (χ2v) is 8.51. The molecule has 0 aromatic carbocycles. The number of ether oxygens (including phenoxy) is 1. The van der Waals surface area contributed by atoms with Gasteiger partial charge in [0.15, 0.2) is 5.78 Å². The molecule has 33 heavy (non-hydrogen) atoms. The molecule has 5 unspecified atom stereocenters. The van der Waals surface area contributed by atoms with Crippen LogP contribution in [0.2, 0.25) is 0 Å². The highest BCUT2D eigenvalue weighted by Crippen LogP contribution is 2.17. The lowest BCUT2D eigenvalue weighted by Crippen LogP contribution is -2.45. The molecule has 0 aromatic rings. The van der Waals surface area contributed by atoms with Crippen molar-refractivity contribution in [1.82, 2.24) is 5.32 Å². The Morgan fingerprint density at radius 3 is 2.33 bits per heavy atom. The predicted octanol–water partition coefficient (Wildman–Crippen LogP) is 3.09. The number of ketones is 1. The topological polar surface area (TPSA) is 113 Å². The van der Waals surface area contributed by atoms with Crippen LogP contribution in [0.4, 0.5) is 0 Å². The van der Waals surface area contributed by atoms with Gasteiger partial charge in [-0.25, -0.2) is 0 Å². The van der Waals surface area contributed by atoms with Crippen LogP contribution in [0.3, 0.4) is 0 Å². The van der Waals surface area contributed by atoms with Crippen molar-refractivity contribution in [1.29, 1.82) is 0 Å². The molecule has 1 amide bonds. The van der Waals surface area contributed by atoms with E-state index in [1.807, 2.05) is 26.0 Å². The minimum absolute atomic E-state index is 0.176. The molecule has 7 nitrogen and oxygen atoms in total. The van der Waals surface area contributed by atoms with E-state index in [1.165, 1.54) is 13.8 Å². The van der Waals surface area contributed by atoms with Gasteiger partial charge in [-0.05, 0) is 45.8 Å². The highest BCUT2D eigenvalue weighted by Gasteiger charge is 2.26. The third kappa shape index (κ3) is 10.6. The van der Waals surface area contributed by atoms with Gasteiger partial charge in [0.05, 0.1) is 12.1 Å². The Kier molecular flexibility index (Phi) is 11.7. The van der Waals surface area contributed by atoms with Crippen LogP contribution >= 0.6 is 0 Å². The summed E-state index contributed by atoms with van der Waals surface area (Å²) in [6.07, 6.45) is 10.5. The molecule has 5 atom stereocenters. The van der Waals surface area contributed by atoms with Crippen molar-refractivity contribution in [2.24, 2.45) is 5.92 Å². The average molecular weight is 460 g/mol. The predicted molar refractivity (Wildman–Crippen MR) is 128 cm³/mol. The summed E-state index contributed by atoms with van der Waals surface area (Å²) >= 11 is 0. The van der Waals surface area contributed by atoms with E-state index in [9.17, 15) is 24.6 Å². The maximum absolute atomic E-state index is 13.1. The fourth-order valence-electron chi connectivity index (χ4n) is 3.20. The smallest absolute Gasteiger partial charge is 0.303 e. The number of hydrogen-bond donors (Lipinski definition) is 3. The Morgan fingerprint density at radius 2 is 1.73 bits per heavy atom. The number of nitrogens with one attached hydrogen (secondary N) is 1. The monoisotopic (exact) mass is 459 g/mol. The number of carbonyl (C=O) groups is 3. The fraction of sp³-hybridized carbons (Fsp3) is 0.500. The van der Waals surface area contributed by atoms with Gasteiger partial charge in [-0.2, -0.15) is 0 Å². The molecule has 0 saturated heterocycles. The summed E-state index contributed by atoms with van der Waals surface area (Å²) in [5.41, 5.74) is 2.14. The minimum atomic E-state index is -1.22. The Bertz CT molecular complexity index is 862. The van der Waals surface area contributed by atoms with Crippen LogP contribution in [-0.4, -0.2) is 52.2 Å². The first-order chi connectivity index (χ1) is 15.4. The van der Waals surface area contributed by atoms with E-state index in [4.69, 9.17) is 4.74 Å².